The Balaban J connectivity index is 1.46. The molecule has 1 aromatic carbocycles. The van der Waals surface area contributed by atoms with Crippen molar-refractivity contribution in [3.8, 4) is 5.75 Å². The van der Waals surface area contributed by atoms with Crippen LogP contribution in [-0.4, -0.2) is 52.1 Å². The van der Waals surface area contributed by atoms with Gasteiger partial charge >= 0.3 is 0 Å². The van der Waals surface area contributed by atoms with Crippen molar-refractivity contribution in [3.05, 3.63) is 54.1 Å². The summed E-state index contributed by atoms with van der Waals surface area (Å²) >= 11 is 0. The number of hydrogen-bond donors (Lipinski definition) is 2. The number of nitrogens with one attached hydrogen (secondary N) is 1. The molecule has 0 spiro atoms. The van der Waals surface area contributed by atoms with Crippen molar-refractivity contribution in [2.45, 2.75) is 0 Å². The predicted octanol–water partition coefficient (Wildman–Crippen LogP) is 2.37. The van der Waals surface area contributed by atoms with E-state index in [-0.39, 0.29) is 17.5 Å². The first-order chi connectivity index (χ1) is 12.1. The Labute approximate surface area is 143 Å². The van der Waals surface area contributed by atoms with Crippen molar-refractivity contribution >= 4 is 22.6 Å². The molecule has 0 radical (unpaired) electrons. The molecule has 0 aliphatic carbocycles. The molecule has 0 atom stereocenters. The number of carbonyl (C=O) groups excluding carboxylic acids is 1. The van der Waals surface area contributed by atoms with Gasteiger partial charge < -0.3 is 19.9 Å². The van der Waals surface area contributed by atoms with Gasteiger partial charge in [-0.2, -0.15) is 0 Å². The van der Waals surface area contributed by atoms with E-state index in [1.807, 2.05) is 0 Å². The molecule has 3 heterocycles. The number of aromatic hydroxyl groups is 1. The monoisotopic (exact) mass is 340 g/mol. The molecule has 4 rings (SSSR count). The summed E-state index contributed by atoms with van der Waals surface area (Å²) in [4.78, 5) is 23.8. The zero-order chi connectivity index (χ0) is 17.4. The first kappa shape index (κ1) is 15.4. The van der Waals surface area contributed by atoms with Crippen LogP contribution in [-0.2, 0) is 0 Å². The van der Waals surface area contributed by atoms with Gasteiger partial charge in [0.25, 0.3) is 5.91 Å². The van der Waals surface area contributed by atoms with E-state index in [9.17, 15) is 14.3 Å². The third kappa shape index (κ3) is 3.00. The molecule has 1 amide bonds. The second kappa shape index (κ2) is 6.08. The summed E-state index contributed by atoms with van der Waals surface area (Å²) in [7, 11) is 0. The molecule has 2 N–H and O–H groups in total. The highest BCUT2D eigenvalue weighted by Crippen LogP contribution is 2.20. The summed E-state index contributed by atoms with van der Waals surface area (Å²) in [5.41, 5.74) is 1.22. The van der Waals surface area contributed by atoms with Gasteiger partial charge in [0.15, 0.2) is 0 Å². The standard InChI is InChI=1S/C18H17FN4O2/c19-13-1-3-15-12(9-13)10-16(21-15)18(25)23-7-5-22(6-8-23)17-4-2-14(24)11-20-17/h1-4,9-11,21,24H,5-8H2. The highest BCUT2D eigenvalue weighted by atomic mass is 19.1. The van der Waals surface area contributed by atoms with Crippen LogP contribution in [0.3, 0.4) is 0 Å². The summed E-state index contributed by atoms with van der Waals surface area (Å²) in [6, 6.07) is 9.47. The molecule has 2 aromatic heterocycles. The molecule has 3 aromatic rings. The zero-order valence-electron chi connectivity index (χ0n) is 13.4. The van der Waals surface area contributed by atoms with E-state index >= 15 is 0 Å². The van der Waals surface area contributed by atoms with Gasteiger partial charge in [0.1, 0.15) is 23.1 Å². The van der Waals surface area contributed by atoms with Gasteiger partial charge in [-0.15, -0.1) is 0 Å². The van der Waals surface area contributed by atoms with Crippen molar-refractivity contribution in [2.24, 2.45) is 0 Å². The zero-order valence-corrected chi connectivity index (χ0v) is 13.4. The van der Waals surface area contributed by atoms with Crippen molar-refractivity contribution in [1.82, 2.24) is 14.9 Å². The molecule has 25 heavy (non-hydrogen) atoms. The number of amides is 1. The summed E-state index contributed by atoms with van der Waals surface area (Å²) in [5, 5.41) is 10.0. The fourth-order valence-electron chi connectivity index (χ4n) is 3.09. The van der Waals surface area contributed by atoms with Crippen LogP contribution in [0.1, 0.15) is 10.5 Å². The Bertz CT molecular complexity index is 914. The van der Waals surface area contributed by atoms with E-state index in [1.54, 1.807) is 29.2 Å². The topological polar surface area (TPSA) is 72.5 Å². The number of nitrogens with zero attached hydrogens (tertiary/aromatic N) is 3. The molecule has 1 aliphatic heterocycles. The summed E-state index contributed by atoms with van der Waals surface area (Å²) in [5.74, 6) is 0.509. The number of aromatic nitrogens is 2. The normalized spacial score (nSPS) is 14.9. The highest BCUT2D eigenvalue weighted by Gasteiger charge is 2.24. The van der Waals surface area contributed by atoms with Gasteiger partial charge in [-0.25, -0.2) is 9.37 Å². The summed E-state index contributed by atoms with van der Waals surface area (Å²) < 4.78 is 13.3. The molecule has 128 valence electrons. The Morgan fingerprint density at radius 3 is 2.64 bits per heavy atom. The Hall–Kier alpha value is -3.09. The molecule has 0 bridgehead atoms. The average molecular weight is 340 g/mol. The molecule has 6 nitrogen and oxygen atoms in total. The quantitative estimate of drug-likeness (QED) is 0.751. The first-order valence-electron chi connectivity index (χ1n) is 8.08. The molecule has 7 heteroatoms. The number of H-pyrrole nitrogens is 1. The number of anilines is 1. The number of rotatable bonds is 2. The Morgan fingerprint density at radius 1 is 1.12 bits per heavy atom. The number of halogens is 1. The number of carbonyl (C=O) groups is 1. The van der Waals surface area contributed by atoms with Gasteiger partial charge in [-0.1, -0.05) is 0 Å². The van der Waals surface area contributed by atoms with Gasteiger partial charge in [0.05, 0.1) is 6.20 Å². The van der Waals surface area contributed by atoms with E-state index in [0.717, 1.165) is 11.3 Å². The van der Waals surface area contributed by atoms with Crippen LogP contribution in [0.4, 0.5) is 10.2 Å². The van der Waals surface area contributed by atoms with Crippen LogP contribution in [0.15, 0.2) is 42.6 Å². The van der Waals surface area contributed by atoms with Crippen molar-refractivity contribution in [1.29, 1.82) is 0 Å². The number of hydrogen-bond acceptors (Lipinski definition) is 4. The van der Waals surface area contributed by atoms with Crippen molar-refractivity contribution in [2.75, 3.05) is 31.1 Å². The average Bonchev–Trinajstić information content (AvgIpc) is 3.05. The number of fused-ring (bicyclic) bond motifs is 1. The minimum absolute atomic E-state index is 0.0880. The molecular formula is C18H17FN4O2. The smallest absolute Gasteiger partial charge is 0.270 e. The van der Waals surface area contributed by atoms with Crippen LogP contribution in [0.2, 0.25) is 0 Å². The van der Waals surface area contributed by atoms with Gasteiger partial charge in [-0.05, 0) is 36.4 Å². The second-order valence-electron chi connectivity index (χ2n) is 6.07. The van der Waals surface area contributed by atoms with Crippen molar-refractivity contribution in [3.63, 3.8) is 0 Å². The maximum absolute atomic E-state index is 13.3. The van der Waals surface area contributed by atoms with Crippen LogP contribution in [0, 0.1) is 5.82 Å². The third-order valence-electron chi connectivity index (χ3n) is 4.44. The minimum Gasteiger partial charge on any atom is -0.506 e. The lowest BCUT2D eigenvalue weighted by Crippen LogP contribution is -2.49. The Kier molecular flexibility index (Phi) is 3.76. The lowest BCUT2D eigenvalue weighted by atomic mass is 10.2. The van der Waals surface area contributed by atoms with E-state index in [1.165, 1.54) is 18.3 Å². The number of piperazine rings is 1. The lowest BCUT2D eigenvalue weighted by molar-refractivity contribution is 0.0741. The number of aromatic amines is 1. The maximum atomic E-state index is 13.3. The van der Waals surface area contributed by atoms with E-state index in [0.29, 0.717) is 37.3 Å². The first-order valence-corrected chi connectivity index (χ1v) is 8.08. The van der Waals surface area contributed by atoms with Crippen molar-refractivity contribution < 1.29 is 14.3 Å². The lowest BCUT2D eigenvalue weighted by Gasteiger charge is -2.35. The van der Waals surface area contributed by atoms with Crippen LogP contribution in [0.25, 0.3) is 10.9 Å². The molecular weight excluding hydrogens is 323 g/mol. The largest absolute Gasteiger partial charge is 0.506 e. The molecule has 1 aliphatic rings. The highest BCUT2D eigenvalue weighted by molar-refractivity contribution is 5.98. The van der Waals surface area contributed by atoms with Crippen LogP contribution < -0.4 is 4.90 Å². The van der Waals surface area contributed by atoms with Crippen LogP contribution >= 0.6 is 0 Å². The van der Waals surface area contributed by atoms with Crippen LogP contribution in [0.5, 0.6) is 5.75 Å². The molecule has 0 unspecified atom stereocenters. The molecule has 1 fully saturated rings. The van der Waals surface area contributed by atoms with E-state index < -0.39 is 0 Å². The minimum atomic E-state index is -0.319. The van der Waals surface area contributed by atoms with E-state index in [4.69, 9.17) is 0 Å². The number of benzene rings is 1. The maximum Gasteiger partial charge on any atom is 0.270 e. The van der Waals surface area contributed by atoms with E-state index in [2.05, 4.69) is 14.9 Å². The Morgan fingerprint density at radius 2 is 1.92 bits per heavy atom. The number of pyridine rings is 1. The fraction of sp³-hybridized carbons (Fsp3) is 0.222. The molecule has 1 saturated heterocycles. The third-order valence-corrected chi connectivity index (χ3v) is 4.44. The predicted molar refractivity (Wildman–Crippen MR) is 92.3 cm³/mol. The van der Waals surface area contributed by atoms with Gasteiger partial charge in [-0.3, -0.25) is 4.79 Å². The second-order valence-corrected chi connectivity index (χ2v) is 6.07. The fourth-order valence-corrected chi connectivity index (χ4v) is 3.09. The molecule has 0 saturated carbocycles. The summed E-state index contributed by atoms with van der Waals surface area (Å²) in [6.45, 7) is 2.48. The SMILES string of the molecule is O=C(c1cc2cc(F)ccc2[nH]1)N1CCN(c2ccc(O)cn2)CC1. The summed E-state index contributed by atoms with van der Waals surface area (Å²) in [6.07, 6.45) is 1.41. The van der Waals surface area contributed by atoms with Gasteiger partial charge in [0.2, 0.25) is 0 Å². The van der Waals surface area contributed by atoms with Gasteiger partial charge in [0, 0.05) is 37.1 Å².